The van der Waals surface area contributed by atoms with Crippen LogP contribution < -0.4 is 9.46 Å². The van der Waals surface area contributed by atoms with E-state index >= 15 is 0 Å². The van der Waals surface area contributed by atoms with Crippen LogP contribution in [0.2, 0.25) is 0 Å². The molecule has 26 heavy (non-hydrogen) atoms. The molecule has 0 aliphatic carbocycles. The Kier molecular flexibility index (Phi) is 5.01. The van der Waals surface area contributed by atoms with E-state index in [9.17, 15) is 8.42 Å². The average molecular weight is 373 g/mol. The van der Waals surface area contributed by atoms with Crippen molar-refractivity contribution in [1.29, 1.82) is 0 Å². The molecule has 6 nitrogen and oxygen atoms in total. The highest BCUT2D eigenvalue weighted by Crippen LogP contribution is 2.34. The molecule has 0 aliphatic rings. The maximum atomic E-state index is 12.5. The number of anilines is 1. The minimum absolute atomic E-state index is 0.185. The zero-order valence-electron chi connectivity index (χ0n) is 14.4. The van der Waals surface area contributed by atoms with Crippen LogP contribution in [0.5, 0.6) is 5.75 Å². The van der Waals surface area contributed by atoms with Gasteiger partial charge in [0.25, 0.3) is 10.0 Å². The second-order valence-corrected chi connectivity index (χ2v) is 7.44. The van der Waals surface area contributed by atoms with Gasteiger partial charge in [0, 0.05) is 6.07 Å². The van der Waals surface area contributed by atoms with Gasteiger partial charge in [-0.2, -0.15) is 0 Å². The van der Waals surface area contributed by atoms with Crippen LogP contribution in [0, 0.1) is 6.92 Å². The number of sulfonamides is 1. The lowest BCUT2D eigenvalue weighted by atomic mass is 10.1. The highest BCUT2D eigenvalue weighted by atomic mass is 32.2. The molecule has 0 atom stereocenters. The van der Waals surface area contributed by atoms with E-state index in [1.807, 2.05) is 6.92 Å². The number of hydrogen-bond acceptors (Lipinski definition) is 5. The molecule has 3 aromatic rings. The minimum Gasteiger partial charge on any atom is -0.496 e. The molecule has 0 aliphatic heterocycles. The lowest BCUT2D eigenvalue weighted by Gasteiger charge is -2.12. The zero-order valence-corrected chi connectivity index (χ0v) is 15.2. The van der Waals surface area contributed by atoms with Gasteiger partial charge in [-0.05, 0) is 43.3 Å². The summed E-state index contributed by atoms with van der Waals surface area (Å²) in [6.07, 6.45) is 0. The fourth-order valence-electron chi connectivity index (χ4n) is 2.50. The van der Waals surface area contributed by atoms with Crippen molar-refractivity contribution in [3.8, 4) is 17.1 Å². The normalized spacial score (nSPS) is 11.3. The first kappa shape index (κ1) is 18.0. The maximum Gasteiger partial charge on any atom is 0.261 e. The number of methoxy groups -OCH3 is 1. The zero-order chi connectivity index (χ0) is 18.7. The number of ether oxygens (including phenoxy) is 1. The Labute approximate surface area is 152 Å². The summed E-state index contributed by atoms with van der Waals surface area (Å²) in [6.45, 7) is 1.70. The van der Waals surface area contributed by atoms with Crippen LogP contribution in [-0.4, -0.2) is 20.6 Å². The van der Waals surface area contributed by atoms with Gasteiger partial charge in [0.1, 0.15) is 23.9 Å². The number of aliphatic hydroxyl groups excluding tert-OH is 1. The molecule has 3 rings (SSSR count). The molecule has 0 bridgehead atoms. The Hall–Kier alpha value is -2.77. The third-order valence-electron chi connectivity index (χ3n) is 3.87. The molecule has 1 heterocycles. The molecular weight excluding hydrogens is 354 g/mol. The Morgan fingerprint density at radius 1 is 1.08 bits per heavy atom. The first-order chi connectivity index (χ1) is 12.4. The van der Waals surface area contributed by atoms with Gasteiger partial charge in [-0.1, -0.05) is 17.7 Å². The molecule has 2 N–H and O–H groups in total. The van der Waals surface area contributed by atoms with E-state index < -0.39 is 10.0 Å². The van der Waals surface area contributed by atoms with Crippen LogP contribution in [-0.2, 0) is 16.6 Å². The second-order valence-electron chi connectivity index (χ2n) is 5.76. The summed E-state index contributed by atoms with van der Waals surface area (Å²) in [7, 11) is -2.20. The molecular formula is C19H19NO5S. The Balaban J connectivity index is 1.90. The van der Waals surface area contributed by atoms with Crippen LogP contribution in [0.1, 0.15) is 11.3 Å². The number of benzene rings is 2. The molecule has 0 saturated carbocycles. The standard InChI is InChI=1S/C19H19NO5S/c1-13-3-7-16(8-4-13)26(22,23)20-14-5-9-17(19(11-14)24-2)18-10-6-15(12-21)25-18/h3-11,20-21H,12H2,1-2H3. The molecule has 1 aromatic heterocycles. The van der Waals surface area contributed by atoms with Gasteiger partial charge < -0.3 is 14.3 Å². The minimum atomic E-state index is -3.69. The summed E-state index contributed by atoms with van der Waals surface area (Å²) >= 11 is 0. The molecule has 136 valence electrons. The van der Waals surface area contributed by atoms with Crippen molar-refractivity contribution < 1.29 is 22.7 Å². The monoisotopic (exact) mass is 373 g/mol. The fraction of sp³-hybridized carbons (Fsp3) is 0.158. The van der Waals surface area contributed by atoms with E-state index in [0.29, 0.717) is 28.5 Å². The van der Waals surface area contributed by atoms with Gasteiger partial charge in [0.05, 0.1) is 23.3 Å². The lowest BCUT2D eigenvalue weighted by molar-refractivity contribution is 0.248. The first-order valence-electron chi connectivity index (χ1n) is 7.90. The van der Waals surface area contributed by atoms with E-state index in [-0.39, 0.29) is 11.5 Å². The average Bonchev–Trinajstić information content (AvgIpc) is 3.10. The van der Waals surface area contributed by atoms with Gasteiger partial charge in [0.2, 0.25) is 0 Å². The summed E-state index contributed by atoms with van der Waals surface area (Å²) in [4.78, 5) is 0.185. The van der Waals surface area contributed by atoms with Gasteiger partial charge in [-0.25, -0.2) is 8.42 Å². The number of nitrogens with one attached hydrogen (secondary N) is 1. The summed E-state index contributed by atoms with van der Waals surface area (Å²) < 4.78 is 38.4. The molecule has 0 saturated heterocycles. The Morgan fingerprint density at radius 3 is 2.42 bits per heavy atom. The highest BCUT2D eigenvalue weighted by Gasteiger charge is 2.16. The lowest BCUT2D eigenvalue weighted by Crippen LogP contribution is -2.13. The number of aryl methyl sites for hydroxylation is 1. The van der Waals surface area contributed by atoms with E-state index in [1.165, 1.54) is 7.11 Å². The van der Waals surface area contributed by atoms with E-state index in [4.69, 9.17) is 14.3 Å². The smallest absolute Gasteiger partial charge is 0.261 e. The molecule has 0 amide bonds. The van der Waals surface area contributed by atoms with Crippen LogP contribution in [0.4, 0.5) is 5.69 Å². The molecule has 2 aromatic carbocycles. The van der Waals surface area contributed by atoms with Gasteiger partial charge in [0.15, 0.2) is 0 Å². The van der Waals surface area contributed by atoms with E-state index in [2.05, 4.69) is 4.72 Å². The second kappa shape index (κ2) is 7.23. The van der Waals surface area contributed by atoms with Gasteiger partial charge in [-0.3, -0.25) is 4.72 Å². The van der Waals surface area contributed by atoms with Crippen LogP contribution >= 0.6 is 0 Å². The third-order valence-corrected chi connectivity index (χ3v) is 5.27. The van der Waals surface area contributed by atoms with Crippen LogP contribution in [0.15, 0.2) is 63.9 Å². The fourth-order valence-corrected chi connectivity index (χ4v) is 3.55. The van der Waals surface area contributed by atoms with Crippen molar-refractivity contribution in [3.63, 3.8) is 0 Å². The number of rotatable bonds is 6. The van der Waals surface area contributed by atoms with Crippen molar-refractivity contribution >= 4 is 15.7 Å². The Morgan fingerprint density at radius 2 is 1.81 bits per heavy atom. The topological polar surface area (TPSA) is 88.8 Å². The number of hydrogen-bond donors (Lipinski definition) is 2. The molecule has 7 heteroatoms. The largest absolute Gasteiger partial charge is 0.496 e. The summed E-state index contributed by atoms with van der Waals surface area (Å²) in [5, 5.41) is 9.12. The highest BCUT2D eigenvalue weighted by molar-refractivity contribution is 7.92. The predicted molar refractivity (Wildman–Crippen MR) is 98.6 cm³/mol. The predicted octanol–water partition coefficient (Wildman–Crippen LogP) is 3.56. The number of aliphatic hydroxyl groups is 1. The Bertz CT molecular complexity index is 1010. The summed E-state index contributed by atoms with van der Waals surface area (Å²) in [5.41, 5.74) is 2.02. The van der Waals surface area contributed by atoms with Crippen molar-refractivity contribution in [2.24, 2.45) is 0 Å². The van der Waals surface area contributed by atoms with Crippen molar-refractivity contribution in [3.05, 3.63) is 65.9 Å². The quantitative estimate of drug-likeness (QED) is 0.690. The van der Waals surface area contributed by atoms with Crippen molar-refractivity contribution in [2.75, 3.05) is 11.8 Å². The molecule has 0 unspecified atom stereocenters. The maximum absolute atomic E-state index is 12.5. The third kappa shape index (κ3) is 3.74. The van der Waals surface area contributed by atoms with Crippen LogP contribution in [0.3, 0.4) is 0 Å². The SMILES string of the molecule is COc1cc(NS(=O)(=O)c2ccc(C)cc2)ccc1-c1ccc(CO)o1. The molecule has 0 spiro atoms. The first-order valence-corrected chi connectivity index (χ1v) is 9.39. The van der Waals surface area contributed by atoms with Crippen LogP contribution in [0.25, 0.3) is 11.3 Å². The molecule has 0 radical (unpaired) electrons. The van der Waals surface area contributed by atoms with E-state index in [0.717, 1.165) is 5.56 Å². The van der Waals surface area contributed by atoms with Gasteiger partial charge >= 0.3 is 0 Å². The van der Waals surface area contributed by atoms with E-state index in [1.54, 1.807) is 54.6 Å². The van der Waals surface area contributed by atoms with Crippen molar-refractivity contribution in [1.82, 2.24) is 0 Å². The molecule has 0 fully saturated rings. The number of furan rings is 1. The van der Waals surface area contributed by atoms with Crippen molar-refractivity contribution in [2.45, 2.75) is 18.4 Å². The summed E-state index contributed by atoms with van der Waals surface area (Å²) in [5.74, 6) is 1.41. The van der Waals surface area contributed by atoms with Gasteiger partial charge in [-0.15, -0.1) is 0 Å². The summed E-state index contributed by atoms with van der Waals surface area (Å²) in [6, 6.07) is 14.9.